The molecule has 1 N–H and O–H groups in total. The van der Waals surface area contributed by atoms with Gasteiger partial charge in [-0.2, -0.15) is 0 Å². The van der Waals surface area contributed by atoms with Gasteiger partial charge < -0.3 is 19.5 Å². The smallest absolute Gasteiger partial charge is 0.311 e. The first-order valence-corrected chi connectivity index (χ1v) is 8.79. The molecule has 1 amide bonds. The molecule has 2 aromatic rings. The van der Waals surface area contributed by atoms with Crippen molar-refractivity contribution in [2.24, 2.45) is 11.3 Å². The van der Waals surface area contributed by atoms with Gasteiger partial charge in [-0.05, 0) is 29.3 Å². The highest BCUT2D eigenvalue weighted by Crippen LogP contribution is 2.42. The average molecular weight is 355 g/mol. The van der Waals surface area contributed by atoms with Crippen molar-refractivity contribution >= 4 is 22.6 Å². The Labute approximate surface area is 151 Å². The van der Waals surface area contributed by atoms with Gasteiger partial charge in [0.25, 0.3) is 5.91 Å². The van der Waals surface area contributed by atoms with E-state index < -0.39 is 11.4 Å². The molecule has 0 spiro atoms. The van der Waals surface area contributed by atoms with E-state index in [0.717, 1.165) is 10.8 Å². The van der Waals surface area contributed by atoms with E-state index in [9.17, 15) is 14.7 Å². The van der Waals surface area contributed by atoms with Crippen LogP contribution in [0.15, 0.2) is 42.5 Å². The third-order valence-electron chi connectivity index (χ3n) is 5.57. The van der Waals surface area contributed by atoms with Crippen molar-refractivity contribution in [1.82, 2.24) is 4.90 Å². The van der Waals surface area contributed by atoms with Gasteiger partial charge in [-0.15, -0.1) is 0 Å². The number of aliphatic carboxylic acids is 1. The zero-order valence-electron chi connectivity index (χ0n) is 14.4. The molecule has 0 aliphatic carbocycles. The van der Waals surface area contributed by atoms with Crippen LogP contribution in [0.1, 0.15) is 6.42 Å². The van der Waals surface area contributed by atoms with Crippen molar-refractivity contribution in [3.05, 3.63) is 42.5 Å². The quantitative estimate of drug-likeness (QED) is 0.910. The minimum absolute atomic E-state index is 0.0956. The molecule has 2 saturated heterocycles. The SMILES string of the molecule is O=C(COc1ccc2ccccc2c1)N1C[C@H]2COCC[C@@]2(C(=O)O)C1. The lowest BCUT2D eigenvalue weighted by atomic mass is 9.74. The van der Waals surface area contributed by atoms with Crippen LogP contribution in [0.5, 0.6) is 5.75 Å². The van der Waals surface area contributed by atoms with Gasteiger partial charge in [0.15, 0.2) is 6.61 Å². The van der Waals surface area contributed by atoms with Gasteiger partial charge in [0.2, 0.25) is 0 Å². The molecule has 2 aromatic carbocycles. The fourth-order valence-electron chi connectivity index (χ4n) is 3.98. The van der Waals surface area contributed by atoms with Crippen LogP contribution < -0.4 is 4.74 Å². The van der Waals surface area contributed by atoms with E-state index in [1.165, 1.54) is 0 Å². The molecule has 0 saturated carbocycles. The van der Waals surface area contributed by atoms with Crippen LogP contribution in [0.3, 0.4) is 0 Å². The number of carboxylic acid groups (broad SMARTS) is 1. The Bertz CT molecular complexity index is 851. The fourth-order valence-corrected chi connectivity index (χ4v) is 3.98. The van der Waals surface area contributed by atoms with E-state index in [-0.39, 0.29) is 25.0 Å². The summed E-state index contributed by atoms with van der Waals surface area (Å²) < 4.78 is 11.1. The number of amides is 1. The third-order valence-corrected chi connectivity index (χ3v) is 5.57. The zero-order valence-corrected chi connectivity index (χ0v) is 14.4. The Balaban J connectivity index is 1.42. The Hall–Kier alpha value is -2.60. The number of carbonyl (C=O) groups is 2. The lowest BCUT2D eigenvalue weighted by Gasteiger charge is -2.33. The van der Waals surface area contributed by atoms with Gasteiger partial charge in [0, 0.05) is 25.6 Å². The number of carbonyl (C=O) groups excluding carboxylic acids is 1. The first-order valence-electron chi connectivity index (χ1n) is 8.79. The number of carboxylic acids is 1. The number of likely N-dealkylation sites (tertiary alicyclic amines) is 1. The highest BCUT2D eigenvalue weighted by atomic mass is 16.5. The number of rotatable bonds is 4. The van der Waals surface area contributed by atoms with Gasteiger partial charge in [-0.3, -0.25) is 9.59 Å². The first kappa shape index (κ1) is 16.8. The van der Waals surface area contributed by atoms with Crippen LogP contribution in [0.4, 0.5) is 0 Å². The molecule has 4 rings (SSSR count). The maximum absolute atomic E-state index is 12.6. The number of benzene rings is 2. The maximum Gasteiger partial charge on any atom is 0.311 e. The topological polar surface area (TPSA) is 76.1 Å². The van der Waals surface area contributed by atoms with E-state index >= 15 is 0 Å². The molecule has 2 fully saturated rings. The predicted molar refractivity (Wildman–Crippen MR) is 95.0 cm³/mol. The molecular weight excluding hydrogens is 334 g/mol. The second-order valence-electron chi connectivity index (χ2n) is 7.06. The van der Waals surface area contributed by atoms with Crippen LogP contribution in [0.25, 0.3) is 10.8 Å². The summed E-state index contributed by atoms with van der Waals surface area (Å²) in [5, 5.41) is 11.8. The molecule has 6 nitrogen and oxygen atoms in total. The minimum atomic E-state index is -0.878. The standard InChI is InChI=1S/C20H21NO5/c22-18(12-26-17-6-5-14-3-1-2-4-15(14)9-17)21-10-16-11-25-8-7-20(16,13-21)19(23)24/h1-6,9,16H,7-8,10-13H2,(H,23,24)/t16-,20+/m0/s1. The van der Waals surface area contributed by atoms with Gasteiger partial charge in [-0.1, -0.05) is 30.3 Å². The number of ether oxygens (including phenoxy) is 2. The minimum Gasteiger partial charge on any atom is -0.484 e. The molecule has 0 aromatic heterocycles. The molecule has 2 aliphatic rings. The molecule has 136 valence electrons. The van der Waals surface area contributed by atoms with Crippen molar-refractivity contribution in [3.63, 3.8) is 0 Å². The van der Waals surface area contributed by atoms with E-state index in [1.807, 2.05) is 42.5 Å². The zero-order chi connectivity index (χ0) is 18.1. The largest absolute Gasteiger partial charge is 0.484 e. The Morgan fingerprint density at radius 1 is 1.23 bits per heavy atom. The summed E-state index contributed by atoms with van der Waals surface area (Å²) in [7, 11) is 0. The van der Waals surface area contributed by atoms with Crippen molar-refractivity contribution < 1.29 is 24.2 Å². The molecule has 2 atom stereocenters. The summed E-state index contributed by atoms with van der Waals surface area (Å²) >= 11 is 0. The molecule has 0 bridgehead atoms. The summed E-state index contributed by atoms with van der Waals surface area (Å²) in [5.41, 5.74) is -0.878. The van der Waals surface area contributed by atoms with Gasteiger partial charge in [0.05, 0.1) is 12.0 Å². The van der Waals surface area contributed by atoms with Gasteiger partial charge in [0.1, 0.15) is 5.75 Å². The van der Waals surface area contributed by atoms with E-state index in [0.29, 0.717) is 31.9 Å². The highest BCUT2D eigenvalue weighted by molar-refractivity contribution is 5.84. The van der Waals surface area contributed by atoms with Crippen LogP contribution in [-0.4, -0.2) is 54.8 Å². The third kappa shape index (κ3) is 2.90. The average Bonchev–Trinajstić information content (AvgIpc) is 3.07. The molecule has 2 aliphatic heterocycles. The Kier molecular flexibility index (Phi) is 4.28. The molecular formula is C20H21NO5. The fraction of sp³-hybridized carbons (Fsp3) is 0.400. The number of nitrogens with zero attached hydrogens (tertiary/aromatic N) is 1. The van der Waals surface area contributed by atoms with Crippen molar-refractivity contribution in [2.75, 3.05) is 32.9 Å². The van der Waals surface area contributed by atoms with Gasteiger partial charge in [-0.25, -0.2) is 0 Å². The molecule has 2 heterocycles. The predicted octanol–water partition coefficient (Wildman–Crippen LogP) is 2.17. The summed E-state index contributed by atoms with van der Waals surface area (Å²) in [6, 6.07) is 13.6. The van der Waals surface area contributed by atoms with Crippen LogP contribution in [0, 0.1) is 11.3 Å². The van der Waals surface area contributed by atoms with Crippen molar-refractivity contribution in [1.29, 1.82) is 0 Å². The lowest BCUT2D eigenvalue weighted by molar-refractivity contribution is -0.157. The second kappa shape index (κ2) is 6.61. The van der Waals surface area contributed by atoms with Crippen LogP contribution in [-0.2, 0) is 14.3 Å². The number of hydrogen-bond acceptors (Lipinski definition) is 4. The second-order valence-corrected chi connectivity index (χ2v) is 7.06. The maximum atomic E-state index is 12.6. The van der Waals surface area contributed by atoms with Crippen LogP contribution >= 0.6 is 0 Å². The summed E-state index contributed by atoms with van der Waals surface area (Å²) in [5.74, 6) is -0.548. The Morgan fingerprint density at radius 3 is 2.81 bits per heavy atom. The lowest BCUT2D eigenvalue weighted by Crippen LogP contribution is -2.45. The Morgan fingerprint density at radius 2 is 2.04 bits per heavy atom. The van der Waals surface area contributed by atoms with Crippen molar-refractivity contribution in [3.8, 4) is 5.75 Å². The van der Waals surface area contributed by atoms with E-state index in [1.54, 1.807) is 4.90 Å². The van der Waals surface area contributed by atoms with Gasteiger partial charge >= 0.3 is 5.97 Å². The van der Waals surface area contributed by atoms with Crippen LogP contribution in [0.2, 0.25) is 0 Å². The molecule has 0 unspecified atom stereocenters. The number of fused-ring (bicyclic) bond motifs is 2. The summed E-state index contributed by atoms with van der Waals surface area (Å²) in [6.07, 6.45) is 0.447. The molecule has 26 heavy (non-hydrogen) atoms. The first-order chi connectivity index (χ1) is 12.6. The normalized spacial score (nSPS) is 25.1. The molecule has 0 radical (unpaired) electrons. The van der Waals surface area contributed by atoms with E-state index in [2.05, 4.69) is 0 Å². The van der Waals surface area contributed by atoms with E-state index in [4.69, 9.17) is 9.47 Å². The number of hydrogen-bond donors (Lipinski definition) is 1. The highest BCUT2D eigenvalue weighted by Gasteiger charge is 2.54. The summed E-state index contributed by atoms with van der Waals surface area (Å²) in [6.45, 7) is 1.37. The van der Waals surface area contributed by atoms with Crippen molar-refractivity contribution in [2.45, 2.75) is 6.42 Å². The molecule has 6 heteroatoms. The monoisotopic (exact) mass is 355 g/mol. The summed E-state index contributed by atoms with van der Waals surface area (Å²) in [4.78, 5) is 26.0.